The van der Waals surface area contributed by atoms with Crippen LogP contribution in [0.2, 0.25) is 5.02 Å². The molecule has 8 heteroatoms. The number of hydrogen-bond donors (Lipinski definition) is 0. The maximum Gasteiger partial charge on any atom is 0.235 e. The second-order valence-electron chi connectivity index (χ2n) is 7.54. The number of benzene rings is 1. The topological polar surface area (TPSA) is 60.2 Å². The molecule has 1 aliphatic rings. The molecule has 1 heterocycles. The largest absolute Gasteiger partial charge is 0.486 e. The SMILES string of the molecule is C=CCn1c(COc2ccc(Cl)cc2)nnc1SC(C)C(=O)N(C)C1CCCCC1. The van der Waals surface area contributed by atoms with Gasteiger partial charge in [-0.05, 0) is 44.0 Å². The number of hydrogen-bond acceptors (Lipinski definition) is 5. The van der Waals surface area contributed by atoms with Crippen molar-refractivity contribution in [2.45, 2.75) is 68.6 Å². The third-order valence-corrected chi connectivity index (χ3v) is 6.71. The lowest BCUT2D eigenvalue weighted by Crippen LogP contribution is -2.42. The van der Waals surface area contributed by atoms with Gasteiger partial charge in [0.25, 0.3) is 0 Å². The molecule has 0 saturated heterocycles. The number of halogens is 1. The summed E-state index contributed by atoms with van der Waals surface area (Å²) in [6, 6.07) is 7.54. The molecule has 1 amide bonds. The van der Waals surface area contributed by atoms with Gasteiger partial charge < -0.3 is 9.64 Å². The zero-order valence-corrected chi connectivity index (χ0v) is 19.2. The zero-order chi connectivity index (χ0) is 21.5. The third-order valence-electron chi connectivity index (χ3n) is 5.39. The van der Waals surface area contributed by atoms with Crippen LogP contribution in [0.15, 0.2) is 42.1 Å². The minimum absolute atomic E-state index is 0.138. The fourth-order valence-electron chi connectivity index (χ4n) is 3.65. The van der Waals surface area contributed by atoms with Crippen LogP contribution in [0.1, 0.15) is 44.9 Å². The van der Waals surface area contributed by atoms with Gasteiger partial charge in [-0.1, -0.05) is 48.7 Å². The number of carbonyl (C=O) groups excluding carboxylic acids is 1. The maximum atomic E-state index is 13.0. The average Bonchev–Trinajstić information content (AvgIpc) is 3.14. The highest BCUT2D eigenvalue weighted by molar-refractivity contribution is 8.00. The minimum Gasteiger partial charge on any atom is -0.486 e. The minimum atomic E-state index is -0.241. The van der Waals surface area contributed by atoms with Crippen LogP contribution in [0, 0.1) is 0 Å². The summed E-state index contributed by atoms with van der Waals surface area (Å²) in [4.78, 5) is 14.9. The Morgan fingerprint density at radius 3 is 2.70 bits per heavy atom. The summed E-state index contributed by atoms with van der Waals surface area (Å²) in [5.41, 5.74) is 0. The molecule has 30 heavy (non-hydrogen) atoms. The molecule has 0 N–H and O–H groups in total. The number of rotatable bonds is 9. The van der Waals surface area contributed by atoms with E-state index in [9.17, 15) is 4.79 Å². The van der Waals surface area contributed by atoms with Crippen LogP contribution in [0.4, 0.5) is 0 Å². The van der Waals surface area contributed by atoms with E-state index in [4.69, 9.17) is 16.3 Å². The maximum absolute atomic E-state index is 13.0. The standard InChI is InChI=1S/C22H29ClN4O2S/c1-4-14-27-20(15-29-19-12-10-17(23)11-13-19)24-25-22(27)30-16(2)21(28)26(3)18-8-6-5-7-9-18/h4,10-13,16,18H,1,5-9,14-15H2,2-3H3. The molecule has 1 fully saturated rings. The number of aromatic nitrogens is 3. The molecule has 1 aliphatic carbocycles. The fraction of sp³-hybridized carbons (Fsp3) is 0.500. The predicted octanol–water partition coefficient (Wildman–Crippen LogP) is 4.97. The fourth-order valence-corrected chi connectivity index (χ4v) is 4.75. The average molecular weight is 449 g/mol. The molecule has 1 unspecified atom stereocenters. The van der Waals surface area contributed by atoms with Crippen LogP contribution in [0.25, 0.3) is 0 Å². The lowest BCUT2D eigenvalue weighted by atomic mass is 9.94. The molecule has 1 saturated carbocycles. The van der Waals surface area contributed by atoms with E-state index in [0.717, 1.165) is 12.8 Å². The van der Waals surface area contributed by atoms with E-state index in [-0.39, 0.29) is 17.8 Å². The van der Waals surface area contributed by atoms with Crippen LogP contribution >= 0.6 is 23.4 Å². The lowest BCUT2D eigenvalue weighted by Gasteiger charge is -2.32. The Bertz CT molecular complexity index is 849. The molecule has 2 aromatic rings. The third kappa shape index (κ3) is 5.79. The highest BCUT2D eigenvalue weighted by Crippen LogP contribution is 2.27. The summed E-state index contributed by atoms with van der Waals surface area (Å²) >= 11 is 7.35. The number of carbonyl (C=O) groups is 1. The molecule has 6 nitrogen and oxygen atoms in total. The van der Waals surface area contributed by atoms with Crippen LogP contribution in [0.5, 0.6) is 5.75 Å². The summed E-state index contributed by atoms with van der Waals surface area (Å²) in [6.45, 7) is 6.59. The number of nitrogens with zero attached hydrogens (tertiary/aromatic N) is 4. The predicted molar refractivity (Wildman–Crippen MR) is 121 cm³/mol. The van der Waals surface area contributed by atoms with Gasteiger partial charge in [-0.3, -0.25) is 9.36 Å². The Morgan fingerprint density at radius 1 is 1.33 bits per heavy atom. The van der Waals surface area contributed by atoms with E-state index in [0.29, 0.717) is 34.3 Å². The first-order valence-corrected chi connectivity index (χ1v) is 11.6. The first-order chi connectivity index (χ1) is 14.5. The van der Waals surface area contributed by atoms with E-state index >= 15 is 0 Å². The monoisotopic (exact) mass is 448 g/mol. The smallest absolute Gasteiger partial charge is 0.235 e. The Kier molecular flexibility index (Phi) is 8.22. The van der Waals surface area contributed by atoms with Gasteiger partial charge in [0.05, 0.1) is 5.25 Å². The van der Waals surface area contributed by atoms with Gasteiger partial charge in [-0.15, -0.1) is 16.8 Å². The normalized spacial score (nSPS) is 15.6. The van der Waals surface area contributed by atoms with Crippen molar-refractivity contribution in [3.05, 3.63) is 47.8 Å². The Hall–Kier alpha value is -1.99. The summed E-state index contributed by atoms with van der Waals surface area (Å²) in [5.74, 6) is 1.53. The highest BCUT2D eigenvalue weighted by atomic mass is 35.5. The first-order valence-electron chi connectivity index (χ1n) is 10.3. The Morgan fingerprint density at radius 2 is 2.03 bits per heavy atom. The number of ether oxygens (including phenoxy) is 1. The molecule has 0 aliphatic heterocycles. The van der Waals surface area contributed by atoms with Crippen LogP contribution in [-0.4, -0.2) is 43.9 Å². The van der Waals surface area contributed by atoms with Gasteiger partial charge in [0.2, 0.25) is 5.91 Å². The van der Waals surface area contributed by atoms with E-state index < -0.39 is 0 Å². The second kappa shape index (κ2) is 10.9. The lowest BCUT2D eigenvalue weighted by molar-refractivity contribution is -0.131. The molecule has 1 aromatic carbocycles. The molecule has 0 bridgehead atoms. The second-order valence-corrected chi connectivity index (χ2v) is 9.29. The van der Waals surface area contributed by atoms with Crippen molar-refractivity contribution in [1.29, 1.82) is 0 Å². The van der Waals surface area contributed by atoms with E-state index in [1.165, 1.54) is 31.0 Å². The van der Waals surface area contributed by atoms with Crippen LogP contribution in [0.3, 0.4) is 0 Å². The van der Waals surface area contributed by atoms with E-state index in [1.807, 2.05) is 35.6 Å². The first kappa shape index (κ1) is 22.7. The summed E-state index contributed by atoms with van der Waals surface area (Å²) in [7, 11) is 1.93. The van der Waals surface area contributed by atoms with Gasteiger partial charge >= 0.3 is 0 Å². The highest BCUT2D eigenvalue weighted by Gasteiger charge is 2.27. The number of allylic oxidation sites excluding steroid dienone is 1. The molecular weight excluding hydrogens is 420 g/mol. The molecule has 0 spiro atoms. The van der Waals surface area contributed by atoms with Crippen LogP contribution < -0.4 is 4.74 Å². The van der Waals surface area contributed by atoms with Crippen molar-refractivity contribution in [2.24, 2.45) is 0 Å². The molecule has 3 rings (SSSR count). The van der Waals surface area contributed by atoms with E-state index in [2.05, 4.69) is 16.8 Å². The van der Waals surface area contributed by atoms with Crippen LogP contribution in [-0.2, 0) is 17.9 Å². The summed E-state index contributed by atoms with van der Waals surface area (Å²) in [5, 5.41) is 9.71. The van der Waals surface area contributed by atoms with Crippen molar-refractivity contribution >= 4 is 29.3 Å². The molecule has 0 radical (unpaired) electrons. The Labute approximate surface area is 187 Å². The van der Waals surface area contributed by atoms with Crippen molar-refractivity contribution < 1.29 is 9.53 Å². The molecule has 1 aromatic heterocycles. The quantitative estimate of drug-likeness (QED) is 0.400. The zero-order valence-electron chi connectivity index (χ0n) is 17.6. The number of amides is 1. The van der Waals surface area contributed by atoms with Crippen molar-refractivity contribution in [1.82, 2.24) is 19.7 Å². The van der Waals surface area contributed by atoms with Gasteiger partial charge in [0.15, 0.2) is 11.0 Å². The van der Waals surface area contributed by atoms with E-state index in [1.54, 1.807) is 18.2 Å². The molecule has 162 valence electrons. The van der Waals surface area contributed by atoms with Gasteiger partial charge in [0, 0.05) is 24.7 Å². The summed E-state index contributed by atoms with van der Waals surface area (Å²) < 4.78 is 7.76. The number of thioether (sulfide) groups is 1. The van der Waals surface area contributed by atoms with Crippen molar-refractivity contribution in [2.75, 3.05) is 7.05 Å². The van der Waals surface area contributed by atoms with Gasteiger partial charge in [0.1, 0.15) is 12.4 Å². The molecular formula is C22H29ClN4O2S. The molecule has 1 atom stereocenters. The summed E-state index contributed by atoms with van der Waals surface area (Å²) in [6.07, 6.45) is 7.66. The van der Waals surface area contributed by atoms with Gasteiger partial charge in [-0.25, -0.2) is 0 Å². The Balaban J connectivity index is 1.65. The van der Waals surface area contributed by atoms with Gasteiger partial charge in [-0.2, -0.15) is 0 Å². The van der Waals surface area contributed by atoms with Crippen molar-refractivity contribution in [3.63, 3.8) is 0 Å². The van der Waals surface area contributed by atoms with Crippen molar-refractivity contribution in [3.8, 4) is 5.75 Å².